The number of nitrogens with zero attached hydrogens (tertiary/aromatic N) is 3. The van der Waals surface area contributed by atoms with Crippen LogP contribution in [0.2, 0.25) is 0 Å². The smallest absolute Gasteiger partial charge is 0.270 e. The van der Waals surface area contributed by atoms with Crippen LogP contribution in [0.4, 0.5) is 11.4 Å². The fourth-order valence-corrected chi connectivity index (χ4v) is 2.37. The molecule has 1 aliphatic rings. The van der Waals surface area contributed by atoms with E-state index >= 15 is 0 Å². The first-order valence-electron chi connectivity index (χ1n) is 6.76. The van der Waals surface area contributed by atoms with Crippen LogP contribution >= 0.6 is 0 Å². The number of carbonyl (C=O) groups excluding carboxylic acids is 1. The molecule has 114 valence electrons. The lowest BCUT2D eigenvalue weighted by Crippen LogP contribution is -2.44. The summed E-state index contributed by atoms with van der Waals surface area (Å²) in [6.45, 7) is 3.38. The molecule has 1 aromatic carbocycles. The Morgan fingerprint density at radius 3 is 2.76 bits per heavy atom. The first-order valence-corrected chi connectivity index (χ1v) is 6.76. The second kappa shape index (κ2) is 6.09. The first kappa shape index (κ1) is 15.2. The normalized spacial score (nSPS) is 18.4. The lowest BCUT2D eigenvalue weighted by molar-refractivity contribution is -0.384. The van der Waals surface area contributed by atoms with Crippen LogP contribution in [0.3, 0.4) is 0 Å². The summed E-state index contributed by atoms with van der Waals surface area (Å²) in [6.07, 6.45) is -0.0239. The van der Waals surface area contributed by atoms with E-state index in [9.17, 15) is 14.9 Å². The number of hydrogen-bond donors (Lipinski definition) is 0. The Morgan fingerprint density at radius 1 is 1.48 bits per heavy atom. The maximum atomic E-state index is 12.7. The van der Waals surface area contributed by atoms with Crippen molar-refractivity contribution in [1.82, 2.24) is 4.90 Å². The number of benzene rings is 1. The number of anilines is 1. The van der Waals surface area contributed by atoms with Gasteiger partial charge >= 0.3 is 0 Å². The molecular weight excluding hydrogens is 274 g/mol. The highest BCUT2D eigenvalue weighted by Gasteiger charge is 2.26. The number of amides is 1. The average molecular weight is 293 g/mol. The van der Waals surface area contributed by atoms with Gasteiger partial charge < -0.3 is 14.5 Å². The molecule has 1 fully saturated rings. The van der Waals surface area contributed by atoms with Gasteiger partial charge in [0.1, 0.15) is 0 Å². The van der Waals surface area contributed by atoms with Crippen molar-refractivity contribution in [2.24, 2.45) is 0 Å². The van der Waals surface area contributed by atoms with Crippen LogP contribution in [0.5, 0.6) is 0 Å². The summed E-state index contributed by atoms with van der Waals surface area (Å²) in [5, 5.41) is 10.9. The lowest BCUT2D eigenvalue weighted by atomic mass is 10.1. The summed E-state index contributed by atoms with van der Waals surface area (Å²) < 4.78 is 5.42. The van der Waals surface area contributed by atoms with Gasteiger partial charge in [0.05, 0.1) is 23.2 Å². The van der Waals surface area contributed by atoms with Gasteiger partial charge in [0.15, 0.2) is 0 Å². The molecule has 0 bridgehead atoms. The summed E-state index contributed by atoms with van der Waals surface area (Å²) in [6, 6.07) is 4.36. The van der Waals surface area contributed by atoms with Crippen molar-refractivity contribution in [2.45, 2.75) is 13.0 Å². The van der Waals surface area contributed by atoms with Gasteiger partial charge in [-0.25, -0.2) is 0 Å². The molecule has 0 N–H and O–H groups in total. The highest BCUT2D eigenvalue weighted by atomic mass is 16.6. The molecule has 1 saturated heterocycles. The Kier molecular flexibility index (Phi) is 4.42. The lowest BCUT2D eigenvalue weighted by Gasteiger charge is -2.32. The minimum Gasteiger partial charge on any atom is -0.377 e. The molecule has 1 unspecified atom stereocenters. The second-order valence-electron chi connectivity index (χ2n) is 5.29. The Labute approximate surface area is 123 Å². The third-order valence-corrected chi connectivity index (χ3v) is 3.43. The van der Waals surface area contributed by atoms with E-state index in [2.05, 4.69) is 0 Å². The number of morpholine rings is 1. The number of nitro benzene ring substituents is 1. The summed E-state index contributed by atoms with van der Waals surface area (Å²) in [7, 11) is 3.61. The summed E-state index contributed by atoms with van der Waals surface area (Å²) >= 11 is 0. The largest absolute Gasteiger partial charge is 0.377 e. The van der Waals surface area contributed by atoms with Crippen molar-refractivity contribution in [3.63, 3.8) is 0 Å². The molecule has 0 radical (unpaired) electrons. The quantitative estimate of drug-likeness (QED) is 0.624. The average Bonchev–Trinajstić information content (AvgIpc) is 2.45. The maximum Gasteiger partial charge on any atom is 0.270 e. The molecule has 7 nitrogen and oxygen atoms in total. The summed E-state index contributed by atoms with van der Waals surface area (Å²) in [4.78, 5) is 26.6. The standard InChI is InChI=1S/C14H19N3O4/c1-10-9-16(6-7-21-10)14(18)12-8-11(17(19)20)4-5-13(12)15(2)3/h4-5,8,10H,6-7,9H2,1-3H3. The highest BCUT2D eigenvalue weighted by molar-refractivity contribution is 6.00. The van der Waals surface area contributed by atoms with Gasteiger partial charge in [-0.05, 0) is 13.0 Å². The topological polar surface area (TPSA) is 75.9 Å². The van der Waals surface area contributed by atoms with E-state index in [0.717, 1.165) is 0 Å². The Hall–Kier alpha value is -2.15. The zero-order valence-electron chi connectivity index (χ0n) is 12.4. The Morgan fingerprint density at radius 2 is 2.19 bits per heavy atom. The van der Waals surface area contributed by atoms with Crippen molar-refractivity contribution in [1.29, 1.82) is 0 Å². The minimum atomic E-state index is -0.488. The van der Waals surface area contributed by atoms with Crippen molar-refractivity contribution in [3.8, 4) is 0 Å². The SMILES string of the molecule is CC1CN(C(=O)c2cc([N+](=O)[O-])ccc2N(C)C)CCO1. The van der Waals surface area contributed by atoms with Gasteiger partial charge in [0.25, 0.3) is 11.6 Å². The van der Waals surface area contributed by atoms with E-state index in [0.29, 0.717) is 30.9 Å². The van der Waals surface area contributed by atoms with Crippen LogP contribution in [0.15, 0.2) is 18.2 Å². The molecule has 0 spiro atoms. The van der Waals surface area contributed by atoms with Crippen LogP contribution in [-0.2, 0) is 4.74 Å². The zero-order valence-corrected chi connectivity index (χ0v) is 12.4. The highest BCUT2D eigenvalue weighted by Crippen LogP contribution is 2.26. The fraction of sp³-hybridized carbons (Fsp3) is 0.500. The van der Waals surface area contributed by atoms with Gasteiger partial charge in [-0.1, -0.05) is 0 Å². The minimum absolute atomic E-state index is 0.0239. The van der Waals surface area contributed by atoms with E-state index < -0.39 is 4.92 Å². The van der Waals surface area contributed by atoms with E-state index in [-0.39, 0.29) is 17.7 Å². The Balaban J connectivity index is 2.37. The molecular formula is C14H19N3O4. The Bertz CT molecular complexity index is 559. The van der Waals surface area contributed by atoms with Crippen molar-refractivity contribution < 1.29 is 14.5 Å². The number of ether oxygens (including phenoxy) is 1. The van der Waals surface area contributed by atoms with Crippen molar-refractivity contribution in [2.75, 3.05) is 38.7 Å². The number of rotatable bonds is 3. The molecule has 2 rings (SSSR count). The molecule has 1 aliphatic heterocycles. The monoisotopic (exact) mass is 293 g/mol. The molecule has 1 aromatic rings. The summed E-state index contributed by atoms with van der Waals surface area (Å²) in [5.74, 6) is -0.197. The maximum absolute atomic E-state index is 12.7. The predicted molar refractivity (Wildman–Crippen MR) is 78.7 cm³/mol. The van der Waals surface area contributed by atoms with Crippen LogP contribution in [0.1, 0.15) is 17.3 Å². The van der Waals surface area contributed by atoms with Crippen molar-refractivity contribution >= 4 is 17.3 Å². The van der Waals surface area contributed by atoms with Crippen LogP contribution in [0, 0.1) is 10.1 Å². The summed E-state index contributed by atoms with van der Waals surface area (Å²) in [5.41, 5.74) is 0.943. The van der Waals surface area contributed by atoms with Gasteiger partial charge in [0, 0.05) is 45.0 Å². The van der Waals surface area contributed by atoms with Gasteiger partial charge in [-0.2, -0.15) is 0 Å². The van der Waals surface area contributed by atoms with E-state index in [1.807, 2.05) is 6.92 Å². The number of hydrogen-bond acceptors (Lipinski definition) is 5. The fourth-order valence-electron chi connectivity index (χ4n) is 2.37. The van der Waals surface area contributed by atoms with Gasteiger partial charge in [-0.3, -0.25) is 14.9 Å². The number of nitro groups is 1. The molecule has 7 heteroatoms. The molecule has 1 atom stereocenters. The molecule has 21 heavy (non-hydrogen) atoms. The van der Waals surface area contributed by atoms with Gasteiger partial charge in [-0.15, -0.1) is 0 Å². The first-order chi connectivity index (χ1) is 9.90. The molecule has 0 aromatic heterocycles. The third kappa shape index (κ3) is 3.30. The number of carbonyl (C=O) groups is 1. The number of non-ortho nitro benzene ring substituents is 1. The van der Waals surface area contributed by atoms with Crippen LogP contribution in [-0.4, -0.2) is 55.6 Å². The zero-order chi connectivity index (χ0) is 15.6. The van der Waals surface area contributed by atoms with Crippen LogP contribution < -0.4 is 4.90 Å². The molecule has 1 heterocycles. The van der Waals surface area contributed by atoms with E-state index in [1.165, 1.54) is 12.1 Å². The van der Waals surface area contributed by atoms with Crippen molar-refractivity contribution in [3.05, 3.63) is 33.9 Å². The third-order valence-electron chi connectivity index (χ3n) is 3.43. The predicted octanol–water partition coefficient (Wildman–Crippen LogP) is 1.52. The molecule has 0 saturated carbocycles. The molecule has 0 aliphatic carbocycles. The van der Waals surface area contributed by atoms with Crippen LogP contribution in [0.25, 0.3) is 0 Å². The van der Waals surface area contributed by atoms with E-state index in [4.69, 9.17) is 4.74 Å². The second-order valence-corrected chi connectivity index (χ2v) is 5.29. The van der Waals surface area contributed by atoms with Gasteiger partial charge in [0.2, 0.25) is 0 Å². The molecule has 1 amide bonds. The van der Waals surface area contributed by atoms with E-state index in [1.54, 1.807) is 30.0 Å².